The molecule has 2 aromatic rings. The number of carbonyl (C=O) groups excluding carboxylic acids is 2. The molecule has 0 spiro atoms. The SMILES string of the molecule is C[C@H](C(=O)Nc1ccccc1C(=O)NC(C)(C)C)N(c1cccc(F)c1)S(C)(=O)=O. The van der Waals surface area contributed by atoms with Gasteiger partial charge >= 0.3 is 0 Å². The number of hydrogen-bond acceptors (Lipinski definition) is 4. The molecule has 0 aromatic heterocycles. The van der Waals surface area contributed by atoms with Crippen LogP contribution in [0.3, 0.4) is 0 Å². The Morgan fingerprint density at radius 2 is 1.70 bits per heavy atom. The Kier molecular flexibility index (Phi) is 6.87. The van der Waals surface area contributed by atoms with Crippen LogP contribution in [0.2, 0.25) is 0 Å². The highest BCUT2D eigenvalue weighted by atomic mass is 32.2. The van der Waals surface area contributed by atoms with Crippen molar-refractivity contribution in [1.82, 2.24) is 5.32 Å². The lowest BCUT2D eigenvalue weighted by Gasteiger charge is -2.28. The fourth-order valence-electron chi connectivity index (χ4n) is 2.86. The Hall–Kier alpha value is -2.94. The van der Waals surface area contributed by atoms with Crippen LogP contribution in [0, 0.1) is 5.82 Å². The first-order valence-electron chi connectivity index (χ1n) is 9.27. The maximum absolute atomic E-state index is 13.6. The van der Waals surface area contributed by atoms with Gasteiger partial charge in [-0.3, -0.25) is 13.9 Å². The second kappa shape index (κ2) is 8.83. The molecule has 2 aromatic carbocycles. The largest absolute Gasteiger partial charge is 0.347 e. The summed E-state index contributed by atoms with van der Waals surface area (Å²) >= 11 is 0. The van der Waals surface area contributed by atoms with Crippen LogP contribution in [-0.4, -0.2) is 38.1 Å². The van der Waals surface area contributed by atoms with Crippen molar-refractivity contribution >= 4 is 33.2 Å². The molecule has 0 fully saturated rings. The molecule has 2 N–H and O–H groups in total. The minimum Gasteiger partial charge on any atom is -0.347 e. The lowest BCUT2D eigenvalue weighted by molar-refractivity contribution is -0.116. The van der Waals surface area contributed by atoms with Gasteiger partial charge in [0.05, 0.1) is 23.2 Å². The van der Waals surface area contributed by atoms with Crippen LogP contribution in [0.25, 0.3) is 0 Å². The minimum absolute atomic E-state index is 0.0268. The number of rotatable bonds is 6. The Labute approximate surface area is 176 Å². The van der Waals surface area contributed by atoms with Gasteiger partial charge in [0.25, 0.3) is 5.91 Å². The number of benzene rings is 2. The molecular formula is C21H26FN3O4S. The Balaban J connectivity index is 2.34. The molecule has 30 heavy (non-hydrogen) atoms. The predicted molar refractivity (Wildman–Crippen MR) is 115 cm³/mol. The number of nitrogens with one attached hydrogen (secondary N) is 2. The van der Waals surface area contributed by atoms with Gasteiger partial charge in [-0.1, -0.05) is 18.2 Å². The molecule has 0 aliphatic rings. The van der Waals surface area contributed by atoms with Crippen LogP contribution in [0.5, 0.6) is 0 Å². The zero-order valence-corrected chi connectivity index (χ0v) is 18.4. The summed E-state index contributed by atoms with van der Waals surface area (Å²) in [4.78, 5) is 25.5. The number of sulfonamides is 1. The first-order chi connectivity index (χ1) is 13.8. The molecule has 2 rings (SSSR count). The van der Waals surface area contributed by atoms with E-state index in [-0.39, 0.29) is 22.8 Å². The first kappa shape index (κ1) is 23.3. The van der Waals surface area contributed by atoms with Crippen LogP contribution in [-0.2, 0) is 14.8 Å². The molecule has 1 atom stereocenters. The second-order valence-corrected chi connectivity index (χ2v) is 9.81. The van der Waals surface area contributed by atoms with Gasteiger partial charge in [-0.2, -0.15) is 0 Å². The van der Waals surface area contributed by atoms with E-state index in [0.29, 0.717) is 0 Å². The normalized spacial score (nSPS) is 12.7. The summed E-state index contributed by atoms with van der Waals surface area (Å²) in [7, 11) is -3.90. The Morgan fingerprint density at radius 3 is 2.27 bits per heavy atom. The molecule has 0 unspecified atom stereocenters. The minimum atomic E-state index is -3.90. The summed E-state index contributed by atoms with van der Waals surface area (Å²) < 4.78 is 39.1. The van der Waals surface area contributed by atoms with Crippen molar-refractivity contribution in [2.45, 2.75) is 39.3 Å². The smallest absolute Gasteiger partial charge is 0.253 e. The first-order valence-corrected chi connectivity index (χ1v) is 11.1. The highest BCUT2D eigenvalue weighted by Gasteiger charge is 2.30. The maximum atomic E-state index is 13.6. The number of halogens is 1. The van der Waals surface area contributed by atoms with E-state index in [1.807, 2.05) is 20.8 Å². The lowest BCUT2D eigenvalue weighted by atomic mass is 10.1. The summed E-state index contributed by atoms with van der Waals surface area (Å²) in [6.07, 6.45) is 0.937. The van der Waals surface area contributed by atoms with Gasteiger partial charge in [-0.15, -0.1) is 0 Å². The number of hydrogen-bond donors (Lipinski definition) is 2. The fourth-order valence-corrected chi connectivity index (χ4v) is 4.02. The summed E-state index contributed by atoms with van der Waals surface area (Å²) in [6.45, 7) is 6.88. The van der Waals surface area contributed by atoms with E-state index in [1.165, 1.54) is 25.1 Å². The molecular weight excluding hydrogens is 409 g/mol. The quantitative estimate of drug-likeness (QED) is 0.729. The van der Waals surface area contributed by atoms with E-state index in [2.05, 4.69) is 10.6 Å². The van der Waals surface area contributed by atoms with Gasteiger partial charge in [0, 0.05) is 5.54 Å². The van der Waals surface area contributed by atoms with Crippen molar-refractivity contribution in [3.05, 3.63) is 59.9 Å². The van der Waals surface area contributed by atoms with Gasteiger partial charge in [-0.25, -0.2) is 12.8 Å². The molecule has 0 aliphatic heterocycles. The zero-order valence-electron chi connectivity index (χ0n) is 17.6. The molecule has 0 bridgehead atoms. The number of carbonyl (C=O) groups is 2. The van der Waals surface area contributed by atoms with Gasteiger partial charge in [0.2, 0.25) is 15.9 Å². The number of amides is 2. The molecule has 0 radical (unpaired) electrons. The van der Waals surface area contributed by atoms with Gasteiger partial charge in [-0.05, 0) is 58.0 Å². The van der Waals surface area contributed by atoms with Crippen LogP contribution in [0.4, 0.5) is 15.8 Å². The van der Waals surface area contributed by atoms with E-state index in [4.69, 9.17) is 0 Å². The highest BCUT2D eigenvalue weighted by Crippen LogP contribution is 2.23. The fraction of sp³-hybridized carbons (Fsp3) is 0.333. The third-order valence-corrected chi connectivity index (χ3v) is 5.31. The summed E-state index contributed by atoms with van der Waals surface area (Å²) in [5.74, 6) is -1.67. The molecule has 9 heteroatoms. The van der Waals surface area contributed by atoms with Crippen molar-refractivity contribution in [2.75, 3.05) is 15.9 Å². The predicted octanol–water partition coefficient (Wildman–Crippen LogP) is 3.15. The van der Waals surface area contributed by atoms with Crippen molar-refractivity contribution in [3.8, 4) is 0 Å². The lowest BCUT2D eigenvalue weighted by Crippen LogP contribution is -2.46. The van der Waals surface area contributed by atoms with Gasteiger partial charge in [0.15, 0.2) is 0 Å². The van der Waals surface area contributed by atoms with Crippen molar-refractivity contribution in [2.24, 2.45) is 0 Å². The van der Waals surface area contributed by atoms with E-state index in [1.54, 1.807) is 24.3 Å². The number of para-hydroxylation sites is 1. The monoisotopic (exact) mass is 435 g/mol. The molecule has 7 nitrogen and oxygen atoms in total. The molecule has 0 heterocycles. The van der Waals surface area contributed by atoms with Crippen LogP contribution < -0.4 is 14.9 Å². The molecule has 0 saturated heterocycles. The van der Waals surface area contributed by atoms with E-state index in [0.717, 1.165) is 16.6 Å². The van der Waals surface area contributed by atoms with E-state index < -0.39 is 33.3 Å². The average molecular weight is 436 g/mol. The van der Waals surface area contributed by atoms with Crippen LogP contribution in [0.1, 0.15) is 38.1 Å². The van der Waals surface area contributed by atoms with Gasteiger partial charge in [0.1, 0.15) is 11.9 Å². The zero-order chi connectivity index (χ0) is 22.7. The van der Waals surface area contributed by atoms with Gasteiger partial charge < -0.3 is 10.6 Å². The van der Waals surface area contributed by atoms with Crippen molar-refractivity contribution < 1.29 is 22.4 Å². The highest BCUT2D eigenvalue weighted by molar-refractivity contribution is 7.92. The molecule has 2 amide bonds. The number of anilines is 2. The van der Waals surface area contributed by atoms with E-state index in [9.17, 15) is 22.4 Å². The number of nitrogens with zero attached hydrogens (tertiary/aromatic N) is 1. The summed E-state index contributed by atoms with van der Waals surface area (Å²) in [5, 5.41) is 5.43. The summed E-state index contributed by atoms with van der Waals surface area (Å²) in [6, 6.07) is 10.2. The Morgan fingerprint density at radius 1 is 1.07 bits per heavy atom. The topological polar surface area (TPSA) is 95.6 Å². The average Bonchev–Trinajstić information content (AvgIpc) is 2.59. The van der Waals surface area contributed by atoms with Crippen LogP contribution in [0.15, 0.2) is 48.5 Å². The Bertz CT molecular complexity index is 1050. The molecule has 0 aliphatic carbocycles. The van der Waals surface area contributed by atoms with E-state index >= 15 is 0 Å². The maximum Gasteiger partial charge on any atom is 0.253 e. The second-order valence-electron chi connectivity index (χ2n) is 7.95. The molecule has 162 valence electrons. The summed E-state index contributed by atoms with van der Waals surface area (Å²) in [5.41, 5.74) is 0.0266. The third kappa shape index (κ3) is 6.03. The van der Waals surface area contributed by atoms with Crippen LogP contribution >= 0.6 is 0 Å². The molecule has 0 saturated carbocycles. The standard InChI is InChI=1S/C21H26FN3O4S/c1-14(25(30(5,28)29)16-10-8-9-15(22)13-16)19(26)23-18-12-7-6-11-17(18)20(27)24-21(2,3)4/h6-14H,1-5H3,(H,23,26)(H,24,27)/t14-/m1/s1. The van der Waals surface area contributed by atoms with Crippen molar-refractivity contribution in [3.63, 3.8) is 0 Å². The third-order valence-electron chi connectivity index (χ3n) is 4.07. The van der Waals surface area contributed by atoms with Crippen molar-refractivity contribution in [1.29, 1.82) is 0 Å².